The van der Waals surface area contributed by atoms with E-state index in [0.717, 1.165) is 10.8 Å². The van der Waals surface area contributed by atoms with Gasteiger partial charge in [-0.2, -0.15) is 0 Å². The van der Waals surface area contributed by atoms with Gasteiger partial charge in [-0.3, -0.25) is 19.2 Å². The molecule has 14 heteroatoms. The van der Waals surface area contributed by atoms with Crippen LogP contribution in [-0.2, 0) is 42.6 Å². The van der Waals surface area contributed by atoms with Crippen LogP contribution in [0.3, 0.4) is 0 Å². The van der Waals surface area contributed by atoms with Gasteiger partial charge in [-0.1, -0.05) is 46.4 Å². The van der Waals surface area contributed by atoms with E-state index < -0.39 is 66.6 Å². The highest BCUT2D eigenvalue weighted by Crippen LogP contribution is 2.19. The first-order valence-corrected chi connectivity index (χ1v) is 17.2. The van der Waals surface area contributed by atoms with E-state index in [1.54, 1.807) is 32.9 Å². The zero-order valence-electron chi connectivity index (χ0n) is 22.8. The number of ether oxygens (including phenoxy) is 1. The molecule has 1 fully saturated rings. The summed E-state index contributed by atoms with van der Waals surface area (Å²) in [7, 11) is -2.83. The first kappa shape index (κ1) is 32.8. The molecule has 4 N–H and O–H groups in total. The Morgan fingerprint density at radius 2 is 1.69 bits per heavy atom. The molecule has 0 radical (unpaired) electrons. The highest BCUT2D eigenvalue weighted by atomic mass is 33.5. The molecule has 1 saturated heterocycles. The molecule has 2 aliphatic rings. The van der Waals surface area contributed by atoms with Gasteiger partial charge >= 0.3 is 0 Å². The predicted octanol–water partition coefficient (Wildman–Crippen LogP) is 1.10. The van der Waals surface area contributed by atoms with Crippen molar-refractivity contribution in [2.24, 2.45) is 11.8 Å². The number of fused-ring (bicyclic) bond motifs is 7. The number of rotatable bonds is 2. The third kappa shape index (κ3) is 9.91. The highest BCUT2D eigenvalue weighted by molar-refractivity contribution is 8.97. The summed E-state index contributed by atoms with van der Waals surface area (Å²) in [5, 5.41) is 10.7. The van der Waals surface area contributed by atoms with Crippen LogP contribution in [0.4, 0.5) is 0 Å². The van der Waals surface area contributed by atoms with Crippen molar-refractivity contribution in [2.45, 2.75) is 71.7 Å². The minimum Gasteiger partial charge on any atom is -0.489 e. The molecule has 2 bridgehead atoms. The third-order valence-electron chi connectivity index (χ3n) is 5.96. The summed E-state index contributed by atoms with van der Waals surface area (Å²) >= 11 is 0. The molecule has 2 rings (SSSR count). The fourth-order valence-corrected chi connectivity index (χ4v) is 8.68. The van der Waals surface area contributed by atoms with Gasteiger partial charge in [-0.15, -0.1) is 0 Å². The number of allylic oxidation sites excluding steroid dienone is 2. The highest BCUT2D eigenvalue weighted by Gasteiger charge is 2.32. The summed E-state index contributed by atoms with van der Waals surface area (Å²) in [4.78, 5) is 52.7. The molecular formula is C25H38N4O7S3. The van der Waals surface area contributed by atoms with Crippen molar-refractivity contribution in [1.29, 1.82) is 0 Å². The Balaban J connectivity index is 2.64. The summed E-state index contributed by atoms with van der Waals surface area (Å²) < 4.78 is 31.2. The van der Waals surface area contributed by atoms with Crippen molar-refractivity contribution >= 4 is 53.1 Å². The van der Waals surface area contributed by atoms with E-state index in [1.807, 2.05) is 13.8 Å². The SMILES string of the molecule is C=C1O[C@@H]2/C=C/CCS(=O)S(=O)SC[C@@H](NC(=O)[C@@H](C(C)C)NC(=O)C2)C(=O)N/C(=C\C)C(=O)N[C@H]1C(C)C. The third-order valence-corrected chi connectivity index (χ3v) is 12.1. The quantitative estimate of drug-likeness (QED) is 0.208. The van der Waals surface area contributed by atoms with Gasteiger partial charge < -0.3 is 26.0 Å². The first-order valence-electron chi connectivity index (χ1n) is 12.7. The average molecular weight is 603 g/mol. The van der Waals surface area contributed by atoms with Gasteiger partial charge in [0.1, 0.15) is 39.5 Å². The Morgan fingerprint density at radius 3 is 2.31 bits per heavy atom. The van der Waals surface area contributed by atoms with Gasteiger partial charge in [-0.05, 0) is 42.1 Å². The normalized spacial score (nSPS) is 32.4. The molecule has 39 heavy (non-hydrogen) atoms. The van der Waals surface area contributed by atoms with Gasteiger partial charge in [0.05, 0.1) is 12.5 Å². The lowest BCUT2D eigenvalue weighted by atomic mass is 10.0. The molecular weight excluding hydrogens is 564 g/mol. The number of carbonyl (C=O) groups is 4. The van der Waals surface area contributed by atoms with Crippen LogP contribution in [0.5, 0.6) is 0 Å². The summed E-state index contributed by atoms with van der Waals surface area (Å²) in [6.45, 7) is 12.8. The molecule has 0 aromatic heterocycles. The minimum atomic E-state index is -1.86. The number of amides is 4. The summed E-state index contributed by atoms with van der Waals surface area (Å²) in [5.41, 5.74) is -0.0641. The second kappa shape index (κ2) is 15.4. The second-order valence-electron chi connectivity index (χ2n) is 9.78. The molecule has 0 spiro atoms. The van der Waals surface area contributed by atoms with Crippen LogP contribution in [0.15, 0.2) is 36.3 Å². The van der Waals surface area contributed by atoms with Crippen LogP contribution in [0, 0.1) is 11.8 Å². The zero-order chi connectivity index (χ0) is 29.3. The second-order valence-corrected chi connectivity index (χ2v) is 16.0. The number of hydrogen-bond donors (Lipinski definition) is 4. The largest absolute Gasteiger partial charge is 0.489 e. The Labute approximate surface area is 237 Å². The first-order chi connectivity index (χ1) is 18.3. The van der Waals surface area contributed by atoms with E-state index >= 15 is 0 Å². The molecule has 2 aliphatic heterocycles. The molecule has 0 aliphatic carbocycles. The number of carbonyl (C=O) groups excluding carboxylic acids is 4. The van der Waals surface area contributed by atoms with E-state index in [2.05, 4.69) is 27.8 Å². The Hall–Kier alpha value is -2.45. The lowest BCUT2D eigenvalue weighted by Crippen LogP contribution is -2.57. The van der Waals surface area contributed by atoms with Crippen LogP contribution in [0.25, 0.3) is 0 Å². The maximum atomic E-state index is 13.3. The van der Waals surface area contributed by atoms with Gasteiger partial charge in [-0.25, -0.2) is 8.42 Å². The molecule has 218 valence electrons. The maximum Gasteiger partial charge on any atom is 0.268 e. The fourth-order valence-electron chi connectivity index (χ4n) is 3.79. The predicted molar refractivity (Wildman–Crippen MR) is 153 cm³/mol. The van der Waals surface area contributed by atoms with Gasteiger partial charge in [0, 0.05) is 11.5 Å². The van der Waals surface area contributed by atoms with Crippen molar-refractivity contribution < 1.29 is 32.3 Å². The molecule has 0 aromatic carbocycles. The molecule has 6 atom stereocenters. The molecule has 11 nitrogen and oxygen atoms in total. The van der Waals surface area contributed by atoms with Crippen LogP contribution < -0.4 is 21.3 Å². The van der Waals surface area contributed by atoms with Gasteiger partial charge in [0.15, 0.2) is 8.86 Å². The van der Waals surface area contributed by atoms with Gasteiger partial charge in [0.25, 0.3) is 5.91 Å². The lowest BCUT2D eigenvalue weighted by Gasteiger charge is -2.29. The van der Waals surface area contributed by atoms with Crippen LogP contribution in [0.1, 0.15) is 47.5 Å². The maximum absolute atomic E-state index is 13.3. The zero-order valence-corrected chi connectivity index (χ0v) is 25.3. The topological polar surface area (TPSA) is 160 Å². The van der Waals surface area contributed by atoms with Crippen LogP contribution in [0.2, 0.25) is 0 Å². The molecule has 0 aromatic rings. The molecule has 2 heterocycles. The molecule has 4 amide bonds. The number of nitrogens with one attached hydrogen (secondary N) is 4. The Bertz CT molecular complexity index is 1070. The van der Waals surface area contributed by atoms with E-state index in [0.29, 0.717) is 6.42 Å². The monoisotopic (exact) mass is 602 g/mol. The summed E-state index contributed by atoms with van der Waals surface area (Å²) in [6.07, 6.45) is 4.05. The van der Waals surface area contributed by atoms with E-state index in [1.165, 1.54) is 6.08 Å². The van der Waals surface area contributed by atoms with Crippen molar-refractivity contribution in [2.75, 3.05) is 11.5 Å². The molecule has 0 saturated carbocycles. The van der Waals surface area contributed by atoms with Crippen LogP contribution >= 0.6 is 10.8 Å². The molecule has 2 unspecified atom stereocenters. The van der Waals surface area contributed by atoms with E-state index in [-0.39, 0.29) is 41.2 Å². The summed E-state index contributed by atoms with van der Waals surface area (Å²) in [6, 6.07) is -2.88. The standard InChI is InChI=1S/C25H38N4O7S3/c1-7-18-23(31)29-21(14(2)3)16(6)36-17-10-8-9-11-38(34)39(35)37-13-19(24(32)26-18)27-25(33)22(15(4)5)28-20(30)12-17/h7-8,10,14-15,17,19,21-22H,6,9,11-13H2,1-5H3,(H,26,32)(H,27,33)(H,28,30)(H,29,31)/b10-8+,18-7-/t17-,19-,21+,22-,38?,39?/m1/s1. The lowest BCUT2D eigenvalue weighted by molar-refractivity contribution is -0.133. The van der Waals surface area contributed by atoms with Crippen molar-refractivity contribution in [1.82, 2.24) is 21.3 Å². The Kier molecular flexibility index (Phi) is 12.9. The average Bonchev–Trinajstić information content (AvgIpc) is 2.86. The number of hydrogen-bond acceptors (Lipinski definition) is 8. The smallest absolute Gasteiger partial charge is 0.268 e. The fraction of sp³-hybridized carbons (Fsp3) is 0.600. The van der Waals surface area contributed by atoms with E-state index in [9.17, 15) is 27.6 Å². The Morgan fingerprint density at radius 1 is 1.03 bits per heavy atom. The van der Waals surface area contributed by atoms with Crippen LogP contribution in [-0.4, -0.2) is 67.8 Å². The van der Waals surface area contributed by atoms with Crippen molar-refractivity contribution in [3.63, 3.8) is 0 Å². The van der Waals surface area contributed by atoms with E-state index in [4.69, 9.17) is 4.74 Å². The van der Waals surface area contributed by atoms with Gasteiger partial charge in [0.2, 0.25) is 17.7 Å². The van der Waals surface area contributed by atoms with Crippen molar-refractivity contribution in [3.05, 3.63) is 36.3 Å². The summed E-state index contributed by atoms with van der Waals surface area (Å²) in [5.74, 6) is -2.81. The van der Waals surface area contributed by atoms with Crippen molar-refractivity contribution in [3.8, 4) is 0 Å². The minimum absolute atomic E-state index is 0.0641.